The number of carboxylic acid groups (broad SMARTS) is 1. The number of hydrogen-bond acceptors (Lipinski definition) is 2. The van der Waals surface area contributed by atoms with Crippen molar-refractivity contribution in [3.8, 4) is 0 Å². The second-order valence-corrected chi connectivity index (χ2v) is 5.12. The summed E-state index contributed by atoms with van der Waals surface area (Å²) in [5.74, 6) is -0.998. The average molecular weight is 283 g/mol. The third-order valence-electron chi connectivity index (χ3n) is 3.18. The Morgan fingerprint density at radius 1 is 1.00 bits per heavy atom. The van der Waals surface area contributed by atoms with E-state index < -0.39 is 5.97 Å². The van der Waals surface area contributed by atoms with E-state index in [0.29, 0.717) is 17.2 Å². The Kier molecular flexibility index (Phi) is 4.38. The maximum Gasteiger partial charge on any atom is 0.335 e. The smallest absolute Gasteiger partial charge is 0.335 e. The molecule has 0 spiro atoms. The van der Waals surface area contributed by atoms with Crippen molar-refractivity contribution in [3.05, 3.63) is 65.2 Å². The van der Waals surface area contributed by atoms with Crippen molar-refractivity contribution in [2.45, 2.75) is 19.8 Å². The van der Waals surface area contributed by atoms with Gasteiger partial charge in [0.25, 0.3) is 5.91 Å². The molecule has 21 heavy (non-hydrogen) atoms. The molecule has 1 amide bonds. The Hall–Kier alpha value is -2.62. The number of benzene rings is 2. The van der Waals surface area contributed by atoms with E-state index in [1.54, 1.807) is 12.1 Å². The van der Waals surface area contributed by atoms with E-state index >= 15 is 0 Å². The summed E-state index contributed by atoms with van der Waals surface area (Å²) in [7, 11) is 0. The molecule has 0 bridgehead atoms. The van der Waals surface area contributed by atoms with Crippen molar-refractivity contribution >= 4 is 17.6 Å². The van der Waals surface area contributed by atoms with Crippen LogP contribution < -0.4 is 5.32 Å². The number of hydrogen-bond donors (Lipinski definition) is 2. The van der Waals surface area contributed by atoms with Crippen molar-refractivity contribution in [3.63, 3.8) is 0 Å². The topological polar surface area (TPSA) is 66.4 Å². The molecule has 0 fully saturated rings. The van der Waals surface area contributed by atoms with Crippen LogP contribution in [-0.4, -0.2) is 17.0 Å². The molecular formula is C17H17NO3. The van der Waals surface area contributed by atoms with Crippen LogP contribution in [0.5, 0.6) is 0 Å². The van der Waals surface area contributed by atoms with E-state index in [2.05, 4.69) is 19.2 Å². The second-order valence-electron chi connectivity index (χ2n) is 5.12. The first kappa shape index (κ1) is 14.8. The van der Waals surface area contributed by atoms with Crippen LogP contribution in [0, 0.1) is 0 Å². The molecule has 4 nitrogen and oxygen atoms in total. The van der Waals surface area contributed by atoms with Crippen molar-refractivity contribution in [2.75, 3.05) is 5.32 Å². The molecule has 0 aliphatic heterocycles. The third kappa shape index (κ3) is 3.69. The van der Waals surface area contributed by atoms with Gasteiger partial charge in [-0.1, -0.05) is 32.0 Å². The normalized spacial score (nSPS) is 10.4. The van der Waals surface area contributed by atoms with E-state index in [1.807, 2.05) is 24.3 Å². The van der Waals surface area contributed by atoms with Crippen molar-refractivity contribution in [1.82, 2.24) is 0 Å². The molecule has 2 aromatic rings. The lowest BCUT2D eigenvalue weighted by molar-refractivity contribution is 0.0697. The molecule has 0 saturated heterocycles. The predicted molar refractivity (Wildman–Crippen MR) is 81.9 cm³/mol. The fourth-order valence-electron chi connectivity index (χ4n) is 1.97. The largest absolute Gasteiger partial charge is 0.478 e. The lowest BCUT2D eigenvalue weighted by Crippen LogP contribution is -2.13. The molecule has 0 saturated carbocycles. The van der Waals surface area contributed by atoms with Gasteiger partial charge in [0.2, 0.25) is 0 Å². The van der Waals surface area contributed by atoms with Gasteiger partial charge in [-0.3, -0.25) is 4.79 Å². The van der Waals surface area contributed by atoms with Gasteiger partial charge in [0.1, 0.15) is 0 Å². The molecule has 2 N–H and O–H groups in total. The minimum Gasteiger partial charge on any atom is -0.478 e. The number of nitrogens with one attached hydrogen (secondary N) is 1. The summed E-state index contributed by atoms with van der Waals surface area (Å²) in [6, 6.07) is 13.6. The Morgan fingerprint density at radius 2 is 1.67 bits per heavy atom. The summed E-state index contributed by atoms with van der Waals surface area (Å²) in [5.41, 5.74) is 2.25. The molecule has 0 aliphatic carbocycles. The number of amides is 1. The second kappa shape index (κ2) is 6.22. The molecule has 0 atom stereocenters. The van der Waals surface area contributed by atoms with Crippen molar-refractivity contribution in [1.29, 1.82) is 0 Å². The zero-order chi connectivity index (χ0) is 15.4. The number of rotatable bonds is 4. The summed E-state index contributed by atoms with van der Waals surface area (Å²) >= 11 is 0. The number of aromatic carboxylic acids is 1. The van der Waals surface area contributed by atoms with E-state index in [0.717, 1.165) is 5.56 Å². The fourth-order valence-corrected chi connectivity index (χ4v) is 1.97. The van der Waals surface area contributed by atoms with Gasteiger partial charge in [-0.05, 0) is 41.8 Å². The summed E-state index contributed by atoms with van der Waals surface area (Å²) < 4.78 is 0. The van der Waals surface area contributed by atoms with Crippen molar-refractivity contribution < 1.29 is 14.7 Å². The summed E-state index contributed by atoms with van der Waals surface area (Å²) in [5, 5.41) is 11.7. The van der Waals surface area contributed by atoms with Gasteiger partial charge in [-0.25, -0.2) is 4.79 Å². The first-order valence-corrected chi connectivity index (χ1v) is 6.72. The Morgan fingerprint density at radius 3 is 2.33 bits per heavy atom. The zero-order valence-electron chi connectivity index (χ0n) is 12.0. The maximum atomic E-state index is 12.2. The van der Waals surface area contributed by atoms with E-state index in [1.165, 1.54) is 12.1 Å². The third-order valence-corrected chi connectivity index (χ3v) is 3.18. The molecule has 0 radical (unpaired) electrons. The van der Waals surface area contributed by atoms with E-state index in [4.69, 9.17) is 5.11 Å². The number of carboxylic acids is 1. The lowest BCUT2D eigenvalue weighted by atomic mass is 10.0. The van der Waals surface area contributed by atoms with Crippen molar-refractivity contribution in [2.24, 2.45) is 0 Å². The predicted octanol–water partition coefficient (Wildman–Crippen LogP) is 3.76. The van der Waals surface area contributed by atoms with Crippen LogP contribution >= 0.6 is 0 Å². The highest BCUT2D eigenvalue weighted by Gasteiger charge is 2.10. The fraction of sp³-hybridized carbons (Fsp3) is 0.176. The molecule has 0 heterocycles. The zero-order valence-corrected chi connectivity index (χ0v) is 12.0. The van der Waals surface area contributed by atoms with Crippen LogP contribution in [-0.2, 0) is 0 Å². The van der Waals surface area contributed by atoms with E-state index in [-0.39, 0.29) is 11.5 Å². The van der Waals surface area contributed by atoms with Gasteiger partial charge >= 0.3 is 5.97 Å². The Balaban J connectivity index is 2.20. The molecule has 0 aliphatic rings. The highest BCUT2D eigenvalue weighted by Crippen LogP contribution is 2.19. The van der Waals surface area contributed by atoms with E-state index in [9.17, 15) is 9.59 Å². The highest BCUT2D eigenvalue weighted by atomic mass is 16.4. The van der Waals surface area contributed by atoms with Crippen LogP contribution in [0.25, 0.3) is 0 Å². The van der Waals surface area contributed by atoms with Crippen LogP contribution in [0.1, 0.15) is 46.0 Å². The van der Waals surface area contributed by atoms with Gasteiger partial charge in [0.15, 0.2) is 0 Å². The monoisotopic (exact) mass is 283 g/mol. The van der Waals surface area contributed by atoms with Crippen LogP contribution in [0.4, 0.5) is 5.69 Å². The van der Waals surface area contributed by atoms with Gasteiger partial charge < -0.3 is 10.4 Å². The molecule has 108 valence electrons. The molecule has 2 aromatic carbocycles. The van der Waals surface area contributed by atoms with Gasteiger partial charge in [0.05, 0.1) is 5.56 Å². The standard InChI is InChI=1S/C17H17NO3/c1-11(2)12-5-4-8-15(10-12)18-16(19)13-6-3-7-14(9-13)17(20)21/h3-11H,1-2H3,(H,18,19)(H,20,21). The van der Waals surface area contributed by atoms with Gasteiger partial charge in [0, 0.05) is 11.3 Å². The van der Waals surface area contributed by atoms with Crippen LogP contribution in [0.2, 0.25) is 0 Å². The van der Waals surface area contributed by atoms with Gasteiger partial charge in [-0.2, -0.15) is 0 Å². The Labute approximate surface area is 123 Å². The first-order valence-electron chi connectivity index (χ1n) is 6.72. The lowest BCUT2D eigenvalue weighted by Gasteiger charge is -2.10. The van der Waals surface area contributed by atoms with Gasteiger partial charge in [-0.15, -0.1) is 0 Å². The number of carbonyl (C=O) groups excluding carboxylic acids is 1. The van der Waals surface area contributed by atoms with Crippen LogP contribution in [0.15, 0.2) is 48.5 Å². The number of anilines is 1. The minimum atomic E-state index is -1.05. The Bertz CT molecular complexity index is 677. The highest BCUT2D eigenvalue weighted by molar-refractivity contribution is 6.05. The summed E-state index contributed by atoms with van der Waals surface area (Å²) in [6.45, 7) is 4.16. The minimum absolute atomic E-state index is 0.0959. The molecule has 0 aromatic heterocycles. The van der Waals surface area contributed by atoms with Crippen LogP contribution in [0.3, 0.4) is 0 Å². The molecule has 2 rings (SSSR count). The quantitative estimate of drug-likeness (QED) is 0.897. The summed E-state index contributed by atoms with van der Waals surface area (Å²) in [6.07, 6.45) is 0. The molecule has 4 heteroatoms. The first-order chi connectivity index (χ1) is 9.97. The maximum absolute atomic E-state index is 12.2. The average Bonchev–Trinajstić information content (AvgIpc) is 2.47. The summed E-state index contributed by atoms with van der Waals surface area (Å²) in [4.78, 5) is 23.1. The SMILES string of the molecule is CC(C)c1cccc(NC(=O)c2cccc(C(=O)O)c2)c1. The number of carbonyl (C=O) groups is 2. The molecular weight excluding hydrogens is 266 g/mol. The molecule has 0 unspecified atom stereocenters.